The Labute approximate surface area is 99.6 Å². The molecule has 3 heteroatoms. The van der Waals surface area contributed by atoms with Gasteiger partial charge in [-0.15, -0.1) is 0 Å². The molecule has 2 nitrogen and oxygen atoms in total. The Morgan fingerprint density at radius 3 is 2.67 bits per heavy atom. The van der Waals surface area contributed by atoms with Gasteiger partial charge in [-0.05, 0) is 41.4 Å². The number of hydrogen-bond donors (Lipinski definition) is 0. The number of hydrogen-bond acceptors (Lipinski definition) is 2. The lowest BCUT2D eigenvalue weighted by molar-refractivity contribution is 0.790. The first-order chi connectivity index (χ1) is 7.24. The number of nitrogens with zero attached hydrogens (tertiary/aromatic N) is 2. The molecule has 1 aromatic rings. The topological polar surface area (TPSA) is 27.0 Å². The fourth-order valence-corrected chi connectivity index (χ4v) is 2.05. The molecule has 0 bridgehead atoms. The average molecular weight is 267 g/mol. The van der Waals surface area contributed by atoms with Crippen molar-refractivity contribution in [2.45, 2.75) is 20.3 Å². The lowest BCUT2D eigenvalue weighted by atomic mass is 10.1. The highest BCUT2D eigenvalue weighted by atomic mass is 79.9. The first kappa shape index (κ1) is 12.1. The molecule has 1 rings (SSSR count). The van der Waals surface area contributed by atoms with Crippen LogP contribution in [0.1, 0.15) is 25.8 Å². The second kappa shape index (κ2) is 5.77. The van der Waals surface area contributed by atoms with Crippen molar-refractivity contribution in [2.75, 3.05) is 18.0 Å². The molecule has 0 fully saturated rings. The molecule has 80 valence electrons. The lowest BCUT2D eigenvalue weighted by Gasteiger charge is -2.23. The molecule has 0 aromatic heterocycles. The zero-order valence-electron chi connectivity index (χ0n) is 9.13. The number of nitriles is 1. The number of benzene rings is 1. The van der Waals surface area contributed by atoms with E-state index in [4.69, 9.17) is 5.26 Å². The molecule has 0 heterocycles. The molecule has 0 unspecified atom stereocenters. The normalized spacial score (nSPS) is 9.73. The van der Waals surface area contributed by atoms with Gasteiger partial charge < -0.3 is 4.90 Å². The summed E-state index contributed by atoms with van der Waals surface area (Å²) in [6, 6.07) is 8.13. The van der Waals surface area contributed by atoms with Gasteiger partial charge in [0.2, 0.25) is 0 Å². The van der Waals surface area contributed by atoms with Crippen molar-refractivity contribution in [2.24, 2.45) is 0 Å². The summed E-state index contributed by atoms with van der Waals surface area (Å²) in [5.74, 6) is 0. The minimum atomic E-state index is 0.729. The first-order valence-corrected chi connectivity index (χ1v) is 5.97. The Kier molecular flexibility index (Phi) is 4.64. The fraction of sp³-hybridized carbons (Fsp3) is 0.417. The molecular weight excluding hydrogens is 252 g/mol. The van der Waals surface area contributed by atoms with Gasteiger partial charge >= 0.3 is 0 Å². The van der Waals surface area contributed by atoms with Crippen LogP contribution in [-0.4, -0.2) is 13.1 Å². The van der Waals surface area contributed by atoms with Crippen LogP contribution in [0.25, 0.3) is 0 Å². The van der Waals surface area contributed by atoms with E-state index in [0.29, 0.717) is 0 Å². The van der Waals surface area contributed by atoms with Crippen molar-refractivity contribution < 1.29 is 0 Å². The van der Waals surface area contributed by atoms with Crippen LogP contribution in [0, 0.1) is 11.3 Å². The predicted octanol–water partition coefficient (Wildman–Crippen LogP) is 3.56. The van der Waals surface area contributed by atoms with E-state index in [-0.39, 0.29) is 0 Å². The van der Waals surface area contributed by atoms with Crippen LogP contribution in [0.3, 0.4) is 0 Å². The maximum absolute atomic E-state index is 9.11. The largest absolute Gasteiger partial charge is 0.371 e. The minimum Gasteiger partial charge on any atom is -0.371 e. The molecule has 0 aliphatic rings. The van der Waals surface area contributed by atoms with Crippen LogP contribution >= 0.6 is 15.9 Å². The van der Waals surface area contributed by atoms with Gasteiger partial charge in [0.25, 0.3) is 0 Å². The van der Waals surface area contributed by atoms with Crippen molar-refractivity contribution >= 4 is 21.6 Å². The maximum atomic E-state index is 9.11. The molecule has 0 saturated heterocycles. The van der Waals surface area contributed by atoms with Crippen molar-refractivity contribution in [1.82, 2.24) is 0 Å². The maximum Gasteiger partial charge on any atom is 0.103 e. The molecule has 0 aliphatic heterocycles. The highest BCUT2D eigenvalue weighted by Crippen LogP contribution is 2.26. The third-order valence-electron chi connectivity index (χ3n) is 2.32. The van der Waals surface area contributed by atoms with Crippen molar-refractivity contribution in [3.63, 3.8) is 0 Å². The number of rotatable bonds is 4. The van der Waals surface area contributed by atoms with Gasteiger partial charge in [0.1, 0.15) is 6.07 Å². The molecule has 0 aliphatic carbocycles. The summed E-state index contributed by atoms with van der Waals surface area (Å²) in [5.41, 5.74) is 1.75. The summed E-state index contributed by atoms with van der Waals surface area (Å²) in [6.07, 6.45) is 1.09. The zero-order chi connectivity index (χ0) is 11.3. The average Bonchev–Trinajstić information content (AvgIpc) is 2.25. The van der Waals surface area contributed by atoms with E-state index in [2.05, 4.69) is 40.7 Å². The molecule has 15 heavy (non-hydrogen) atoms. The second-order valence-corrected chi connectivity index (χ2v) is 4.18. The standard InChI is InChI=1S/C12H15BrN2/c1-3-8-15(4-2)12-7-5-6-11(13)10(12)9-14/h5-7H,3-4,8H2,1-2H3. The summed E-state index contributed by atoms with van der Waals surface area (Å²) >= 11 is 3.41. The highest BCUT2D eigenvalue weighted by molar-refractivity contribution is 9.10. The van der Waals surface area contributed by atoms with Gasteiger partial charge in [-0.1, -0.05) is 13.0 Å². The predicted molar refractivity (Wildman–Crippen MR) is 67.0 cm³/mol. The first-order valence-electron chi connectivity index (χ1n) is 5.18. The number of halogens is 1. The van der Waals surface area contributed by atoms with E-state index >= 15 is 0 Å². The van der Waals surface area contributed by atoms with Crippen LogP contribution in [0.5, 0.6) is 0 Å². The van der Waals surface area contributed by atoms with E-state index in [1.807, 2.05) is 18.2 Å². The lowest BCUT2D eigenvalue weighted by Crippen LogP contribution is -2.24. The van der Waals surface area contributed by atoms with Gasteiger partial charge in [-0.3, -0.25) is 0 Å². The van der Waals surface area contributed by atoms with Crippen molar-refractivity contribution in [3.8, 4) is 6.07 Å². The van der Waals surface area contributed by atoms with E-state index in [9.17, 15) is 0 Å². The number of anilines is 1. The minimum absolute atomic E-state index is 0.729. The Hall–Kier alpha value is -1.01. The Balaban J connectivity index is 3.12. The summed E-state index contributed by atoms with van der Waals surface area (Å²) in [6.45, 7) is 6.17. The monoisotopic (exact) mass is 266 g/mol. The molecule has 0 spiro atoms. The van der Waals surface area contributed by atoms with E-state index in [0.717, 1.165) is 35.2 Å². The van der Waals surface area contributed by atoms with Crippen molar-refractivity contribution in [1.29, 1.82) is 5.26 Å². The van der Waals surface area contributed by atoms with E-state index < -0.39 is 0 Å². The highest BCUT2D eigenvalue weighted by Gasteiger charge is 2.10. The summed E-state index contributed by atoms with van der Waals surface area (Å²) in [7, 11) is 0. The fourth-order valence-electron chi connectivity index (χ4n) is 1.61. The molecule has 0 N–H and O–H groups in total. The Bertz CT molecular complexity index is 368. The van der Waals surface area contributed by atoms with Crippen molar-refractivity contribution in [3.05, 3.63) is 28.2 Å². The molecule has 0 radical (unpaired) electrons. The van der Waals surface area contributed by atoms with Gasteiger partial charge in [-0.2, -0.15) is 5.26 Å². The van der Waals surface area contributed by atoms with Crippen LogP contribution in [0.2, 0.25) is 0 Å². The van der Waals surface area contributed by atoms with E-state index in [1.54, 1.807) is 0 Å². The van der Waals surface area contributed by atoms with Crippen LogP contribution < -0.4 is 4.90 Å². The SMILES string of the molecule is CCCN(CC)c1cccc(Br)c1C#N. The molecule has 1 aromatic carbocycles. The third kappa shape index (κ3) is 2.73. The van der Waals surface area contributed by atoms with Gasteiger partial charge in [0, 0.05) is 17.6 Å². The van der Waals surface area contributed by atoms with Crippen LogP contribution in [-0.2, 0) is 0 Å². The molecular formula is C12H15BrN2. The summed E-state index contributed by atoms with van der Waals surface area (Å²) < 4.78 is 0.872. The van der Waals surface area contributed by atoms with Gasteiger partial charge in [-0.25, -0.2) is 0 Å². The molecule has 0 saturated carbocycles. The van der Waals surface area contributed by atoms with Crippen LogP contribution in [0.4, 0.5) is 5.69 Å². The summed E-state index contributed by atoms with van der Waals surface area (Å²) in [5, 5.41) is 9.11. The second-order valence-electron chi connectivity index (χ2n) is 3.33. The smallest absolute Gasteiger partial charge is 0.103 e. The Morgan fingerprint density at radius 1 is 1.40 bits per heavy atom. The quantitative estimate of drug-likeness (QED) is 0.834. The molecule has 0 atom stereocenters. The zero-order valence-corrected chi connectivity index (χ0v) is 10.7. The Morgan fingerprint density at radius 2 is 2.13 bits per heavy atom. The third-order valence-corrected chi connectivity index (χ3v) is 2.98. The van der Waals surface area contributed by atoms with Gasteiger partial charge in [0.05, 0.1) is 11.3 Å². The van der Waals surface area contributed by atoms with E-state index in [1.165, 1.54) is 0 Å². The van der Waals surface area contributed by atoms with Crippen LogP contribution in [0.15, 0.2) is 22.7 Å². The summed E-state index contributed by atoms with van der Waals surface area (Å²) in [4.78, 5) is 2.23. The molecule has 0 amide bonds. The van der Waals surface area contributed by atoms with Gasteiger partial charge in [0.15, 0.2) is 0 Å².